The Kier molecular flexibility index (Phi) is 3.42. The molecule has 0 radical (unpaired) electrons. The third kappa shape index (κ3) is 2.48. The summed E-state index contributed by atoms with van der Waals surface area (Å²) in [5.74, 6) is -0.714. The Labute approximate surface area is 143 Å². The van der Waals surface area contributed by atoms with Crippen molar-refractivity contribution in [2.24, 2.45) is 0 Å². The predicted molar refractivity (Wildman–Crippen MR) is 90.4 cm³/mol. The van der Waals surface area contributed by atoms with Crippen molar-refractivity contribution in [1.29, 1.82) is 0 Å². The molecule has 0 saturated heterocycles. The molecule has 0 atom stereocenters. The quantitative estimate of drug-likeness (QED) is 0.552. The summed E-state index contributed by atoms with van der Waals surface area (Å²) in [7, 11) is 0. The van der Waals surface area contributed by atoms with Crippen molar-refractivity contribution in [1.82, 2.24) is 19.6 Å². The average molecular weight is 390 g/mol. The van der Waals surface area contributed by atoms with Crippen LogP contribution in [0.2, 0.25) is 0 Å². The number of rotatable bonds is 2. The van der Waals surface area contributed by atoms with Gasteiger partial charge in [0.05, 0.1) is 23.0 Å². The first kappa shape index (κ1) is 14.9. The van der Waals surface area contributed by atoms with Crippen LogP contribution in [0.25, 0.3) is 16.4 Å². The summed E-state index contributed by atoms with van der Waals surface area (Å²) >= 11 is 3.25. The van der Waals surface area contributed by atoms with Gasteiger partial charge in [0.15, 0.2) is 17.3 Å². The van der Waals surface area contributed by atoms with E-state index in [0.29, 0.717) is 21.2 Å². The van der Waals surface area contributed by atoms with Crippen LogP contribution in [0.15, 0.2) is 41.3 Å². The number of halogens is 3. The number of aryl methyl sites for hydroxylation is 1. The van der Waals surface area contributed by atoms with Crippen molar-refractivity contribution in [3.05, 3.63) is 58.6 Å². The summed E-state index contributed by atoms with van der Waals surface area (Å²) in [6, 6.07) is 4.37. The molecule has 0 aliphatic heterocycles. The van der Waals surface area contributed by atoms with Crippen molar-refractivity contribution >= 4 is 43.9 Å². The molecule has 5 nitrogen and oxygen atoms in total. The van der Waals surface area contributed by atoms with Crippen molar-refractivity contribution in [3.63, 3.8) is 0 Å². The Morgan fingerprint density at radius 3 is 2.79 bits per heavy atom. The van der Waals surface area contributed by atoms with Gasteiger partial charge >= 0.3 is 0 Å². The lowest BCUT2D eigenvalue weighted by Gasteiger charge is -2.10. The van der Waals surface area contributed by atoms with Crippen molar-refractivity contribution < 1.29 is 8.78 Å². The second-order valence-electron chi connectivity index (χ2n) is 5.36. The summed E-state index contributed by atoms with van der Waals surface area (Å²) in [5.41, 5.74) is 1.35. The number of nitrogens with one attached hydrogen (secondary N) is 1. The van der Waals surface area contributed by atoms with Crippen LogP contribution >= 0.6 is 15.9 Å². The molecule has 0 unspecified atom stereocenters. The molecule has 0 aliphatic carbocycles. The second kappa shape index (κ2) is 5.48. The zero-order chi connectivity index (χ0) is 16.8. The van der Waals surface area contributed by atoms with E-state index in [9.17, 15) is 8.78 Å². The molecule has 4 rings (SSSR count). The normalized spacial score (nSPS) is 11.3. The third-order valence-corrected chi connectivity index (χ3v) is 4.02. The van der Waals surface area contributed by atoms with Crippen LogP contribution in [0, 0.1) is 18.6 Å². The maximum atomic E-state index is 14.3. The van der Waals surface area contributed by atoms with Gasteiger partial charge < -0.3 is 9.72 Å². The van der Waals surface area contributed by atoms with Gasteiger partial charge in [-0.3, -0.25) is 0 Å². The highest BCUT2D eigenvalue weighted by atomic mass is 79.9. The highest BCUT2D eigenvalue weighted by Gasteiger charge is 2.12. The summed E-state index contributed by atoms with van der Waals surface area (Å²) < 4.78 is 30.7. The van der Waals surface area contributed by atoms with E-state index in [0.717, 1.165) is 0 Å². The van der Waals surface area contributed by atoms with Gasteiger partial charge in [0, 0.05) is 28.3 Å². The fourth-order valence-corrected chi connectivity index (χ4v) is 3.06. The van der Waals surface area contributed by atoms with Crippen molar-refractivity contribution in [3.8, 4) is 0 Å². The Balaban J connectivity index is 1.85. The smallest absolute Gasteiger partial charge is 0.173 e. The van der Waals surface area contributed by atoms with E-state index in [2.05, 4.69) is 36.4 Å². The van der Waals surface area contributed by atoms with Crippen LogP contribution in [0.3, 0.4) is 0 Å². The van der Waals surface area contributed by atoms with Gasteiger partial charge in [0.1, 0.15) is 5.82 Å². The Morgan fingerprint density at radius 2 is 1.96 bits per heavy atom. The van der Waals surface area contributed by atoms with E-state index in [1.165, 1.54) is 18.3 Å². The molecule has 0 amide bonds. The highest BCUT2D eigenvalue weighted by Crippen LogP contribution is 2.29. The maximum Gasteiger partial charge on any atom is 0.173 e. The molecular formula is C16H10BrF2N5. The van der Waals surface area contributed by atoms with E-state index in [-0.39, 0.29) is 16.9 Å². The second-order valence-corrected chi connectivity index (χ2v) is 6.28. The number of pyridine rings is 1. The first-order valence-electron chi connectivity index (χ1n) is 7.03. The molecule has 0 aliphatic rings. The number of hydrogen-bond donors (Lipinski definition) is 1. The zero-order valence-electron chi connectivity index (χ0n) is 12.4. The summed E-state index contributed by atoms with van der Waals surface area (Å²) in [4.78, 5) is 4.10. The number of aromatic nitrogens is 4. The van der Waals surface area contributed by atoms with Gasteiger partial charge in [-0.15, -0.1) is 5.10 Å². The monoisotopic (exact) mass is 389 g/mol. The maximum absolute atomic E-state index is 14.3. The number of nitrogens with zero attached hydrogens (tertiary/aromatic N) is 4. The Bertz CT molecular complexity index is 1090. The molecule has 3 heterocycles. The third-order valence-electron chi connectivity index (χ3n) is 3.57. The standard InChI is InChI=1S/C16H10BrF2N5/c1-8-6-24-7-11(4-13(19)16(24)21-8)22-15-14-9(5-20-23-15)2-10(17)3-12(14)18/h2-7H,1H3,(H,22,23). The van der Waals surface area contributed by atoms with Gasteiger partial charge in [0.2, 0.25) is 0 Å². The fourth-order valence-electron chi connectivity index (χ4n) is 2.62. The van der Waals surface area contributed by atoms with Crippen LogP contribution < -0.4 is 5.32 Å². The molecule has 0 spiro atoms. The molecule has 120 valence electrons. The number of imidazole rings is 1. The first-order valence-corrected chi connectivity index (χ1v) is 7.83. The van der Waals surface area contributed by atoms with E-state index in [4.69, 9.17) is 0 Å². The van der Waals surface area contributed by atoms with Crippen LogP contribution in [0.5, 0.6) is 0 Å². The number of hydrogen-bond acceptors (Lipinski definition) is 4. The molecule has 1 N–H and O–H groups in total. The van der Waals surface area contributed by atoms with E-state index < -0.39 is 11.6 Å². The molecule has 24 heavy (non-hydrogen) atoms. The minimum atomic E-state index is -0.482. The largest absolute Gasteiger partial charge is 0.337 e. The number of fused-ring (bicyclic) bond motifs is 2. The van der Waals surface area contributed by atoms with E-state index in [1.807, 2.05) is 0 Å². The van der Waals surface area contributed by atoms with Gasteiger partial charge in [-0.25, -0.2) is 13.8 Å². The minimum absolute atomic E-state index is 0.216. The lowest BCUT2D eigenvalue weighted by molar-refractivity contribution is 0.630. The molecule has 1 aromatic carbocycles. The van der Waals surface area contributed by atoms with Crippen LogP contribution in [-0.2, 0) is 0 Å². The minimum Gasteiger partial charge on any atom is -0.337 e. The van der Waals surface area contributed by atoms with Crippen LogP contribution in [0.4, 0.5) is 20.3 Å². The van der Waals surface area contributed by atoms with Gasteiger partial charge in [-0.1, -0.05) is 15.9 Å². The van der Waals surface area contributed by atoms with Crippen LogP contribution in [-0.4, -0.2) is 19.6 Å². The number of benzene rings is 1. The molecule has 0 fully saturated rings. The Morgan fingerprint density at radius 1 is 1.12 bits per heavy atom. The summed E-state index contributed by atoms with van der Waals surface area (Å²) in [5, 5.41) is 11.6. The summed E-state index contributed by atoms with van der Waals surface area (Å²) in [6.45, 7) is 1.78. The van der Waals surface area contributed by atoms with Crippen molar-refractivity contribution in [2.75, 3.05) is 5.32 Å². The lowest BCUT2D eigenvalue weighted by Crippen LogP contribution is -2.00. The molecule has 0 saturated carbocycles. The van der Waals surface area contributed by atoms with Crippen molar-refractivity contribution in [2.45, 2.75) is 6.92 Å². The molecule has 4 aromatic rings. The topological polar surface area (TPSA) is 55.1 Å². The highest BCUT2D eigenvalue weighted by molar-refractivity contribution is 9.10. The average Bonchev–Trinajstić information content (AvgIpc) is 2.87. The first-order chi connectivity index (χ1) is 11.5. The zero-order valence-corrected chi connectivity index (χ0v) is 14.0. The predicted octanol–water partition coefficient (Wildman–Crippen LogP) is 4.37. The molecule has 8 heteroatoms. The van der Waals surface area contributed by atoms with Gasteiger partial charge in [-0.05, 0) is 19.1 Å². The lowest BCUT2D eigenvalue weighted by atomic mass is 10.2. The van der Waals surface area contributed by atoms with Gasteiger partial charge in [-0.2, -0.15) is 5.10 Å². The number of anilines is 2. The molecule has 3 aromatic heterocycles. The van der Waals surface area contributed by atoms with Gasteiger partial charge in [0.25, 0.3) is 0 Å². The molecular weight excluding hydrogens is 380 g/mol. The molecule has 0 bridgehead atoms. The summed E-state index contributed by atoms with van der Waals surface area (Å²) in [6.07, 6.45) is 4.84. The SMILES string of the molecule is Cc1cn2cc(Nc3nncc4cc(Br)cc(F)c34)cc(F)c2n1. The fraction of sp³-hybridized carbons (Fsp3) is 0.0625. The Hall–Kier alpha value is -2.61. The van der Waals surface area contributed by atoms with E-state index in [1.54, 1.807) is 29.8 Å². The van der Waals surface area contributed by atoms with Crippen LogP contribution in [0.1, 0.15) is 5.69 Å². The van der Waals surface area contributed by atoms with E-state index >= 15 is 0 Å².